The van der Waals surface area contributed by atoms with Crippen LogP contribution in [0.4, 0.5) is 0 Å². The van der Waals surface area contributed by atoms with E-state index in [9.17, 15) is 9.90 Å². The lowest BCUT2D eigenvalue weighted by molar-refractivity contribution is -0.131. The molecule has 43 heavy (non-hydrogen) atoms. The van der Waals surface area contributed by atoms with Gasteiger partial charge in [0.15, 0.2) is 8.32 Å². The standard InChI is InChI=1S/C36H58O6Si/c1-25(2)34(41-24-30-17-19-31(39-9)20-18-30)27(4)32(37)21-33(38)28(5)35(42-43(10,11)36(6,7)8)26(3)22-40-23-29-15-13-12-14-16-29/h12-20,25-28,32,34-35,37H,21-24H2,1-11H3/t26-,27+,28+,32-,34-,35-/m1/s1. The largest absolute Gasteiger partial charge is 0.497 e. The van der Waals surface area contributed by atoms with Gasteiger partial charge in [0.2, 0.25) is 0 Å². The first kappa shape index (κ1) is 37.2. The molecule has 0 saturated heterocycles. The molecule has 0 amide bonds. The molecule has 7 heteroatoms. The number of rotatable bonds is 18. The van der Waals surface area contributed by atoms with Crippen molar-refractivity contribution < 1.29 is 28.5 Å². The highest BCUT2D eigenvalue weighted by Gasteiger charge is 2.43. The number of carbonyl (C=O) groups excluding carboxylic acids is 1. The average Bonchev–Trinajstić information content (AvgIpc) is 2.95. The van der Waals surface area contributed by atoms with E-state index in [1.54, 1.807) is 7.11 Å². The summed E-state index contributed by atoms with van der Waals surface area (Å²) in [5.74, 6) is 0.378. The Morgan fingerprint density at radius 1 is 0.860 bits per heavy atom. The fraction of sp³-hybridized carbons (Fsp3) is 0.639. The van der Waals surface area contributed by atoms with Gasteiger partial charge in [-0.25, -0.2) is 0 Å². The smallest absolute Gasteiger partial charge is 0.192 e. The van der Waals surface area contributed by atoms with Gasteiger partial charge in [-0.2, -0.15) is 0 Å². The van der Waals surface area contributed by atoms with E-state index < -0.39 is 14.4 Å². The SMILES string of the molecule is COc1ccc(CO[C@H](C(C)C)[C@@H](C)[C@H](O)CC(=O)[C@H](C)[C@H](O[Si](C)(C)C(C)(C)C)[C@H](C)COCc2ccccc2)cc1. The van der Waals surface area contributed by atoms with Crippen molar-refractivity contribution >= 4 is 14.1 Å². The van der Waals surface area contributed by atoms with Crippen molar-refractivity contribution in [1.29, 1.82) is 0 Å². The Labute approximate surface area is 262 Å². The van der Waals surface area contributed by atoms with E-state index in [-0.39, 0.29) is 53.1 Å². The van der Waals surface area contributed by atoms with Crippen molar-refractivity contribution in [3.8, 4) is 5.75 Å². The number of ketones is 1. The van der Waals surface area contributed by atoms with Gasteiger partial charge in [-0.1, -0.05) is 97.9 Å². The van der Waals surface area contributed by atoms with E-state index in [0.29, 0.717) is 19.8 Å². The quantitative estimate of drug-likeness (QED) is 0.171. The lowest BCUT2D eigenvalue weighted by atomic mass is 9.84. The van der Waals surface area contributed by atoms with Crippen LogP contribution in [-0.2, 0) is 31.9 Å². The van der Waals surface area contributed by atoms with Crippen LogP contribution in [0.3, 0.4) is 0 Å². The van der Waals surface area contributed by atoms with Crippen LogP contribution < -0.4 is 4.74 Å². The minimum Gasteiger partial charge on any atom is -0.497 e. The number of hydrogen-bond donors (Lipinski definition) is 1. The zero-order valence-corrected chi connectivity index (χ0v) is 29.6. The number of methoxy groups -OCH3 is 1. The third-order valence-corrected chi connectivity index (χ3v) is 13.6. The van der Waals surface area contributed by atoms with Gasteiger partial charge in [0.1, 0.15) is 11.5 Å². The van der Waals surface area contributed by atoms with E-state index in [1.165, 1.54) is 0 Å². The molecule has 0 saturated carbocycles. The average molecular weight is 615 g/mol. The molecule has 0 fully saturated rings. The molecule has 2 rings (SSSR count). The summed E-state index contributed by atoms with van der Waals surface area (Å²) in [4.78, 5) is 13.7. The van der Waals surface area contributed by atoms with Crippen LogP contribution >= 0.6 is 0 Å². The second-order valence-corrected chi connectivity index (χ2v) is 18.8. The summed E-state index contributed by atoms with van der Waals surface area (Å²) in [6, 6.07) is 17.9. The molecule has 0 aliphatic rings. The lowest BCUT2D eigenvalue weighted by Gasteiger charge is -2.42. The topological polar surface area (TPSA) is 74.2 Å². The molecule has 0 unspecified atom stereocenters. The molecular formula is C36H58O6Si. The molecule has 6 atom stereocenters. The maximum Gasteiger partial charge on any atom is 0.192 e. The molecule has 0 aromatic heterocycles. The molecule has 0 heterocycles. The molecule has 0 spiro atoms. The van der Waals surface area contributed by atoms with Gasteiger partial charge in [-0.15, -0.1) is 0 Å². The summed E-state index contributed by atoms with van der Waals surface area (Å²) in [7, 11) is -0.538. The van der Waals surface area contributed by atoms with E-state index in [2.05, 4.69) is 54.6 Å². The van der Waals surface area contributed by atoms with Crippen molar-refractivity contribution in [1.82, 2.24) is 0 Å². The number of carbonyl (C=O) groups is 1. The highest BCUT2D eigenvalue weighted by atomic mass is 28.4. The molecule has 0 bridgehead atoms. The highest BCUT2D eigenvalue weighted by Crippen LogP contribution is 2.39. The van der Waals surface area contributed by atoms with Crippen LogP contribution in [-0.4, -0.2) is 51.2 Å². The van der Waals surface area contributed by atoms with Crippen LogP contribution in [0, 0.1) is 23.7 Å². The molecule has 6 nitrogen and oxygen atoms in total. The van der Waals surface area contributed by atoms with Gasteiger partial charge in [-0.05, 0) is 47.3 Å². The van der Waals surface area contributed by atoms with Gasteiger partial charge >= 0.3 is 0 Å². The minimum absolute atomic E-state index is 0.00162. The summed E-state index contributed by atoms with van der Waals surface area (Å²) in [5.41, 5.74) is 2.15. The Balaban J connectivity index is 2.10. The summed E-state index contributed by atoms with van der Waals surface area (Å²) in [5, 5.41) is 11.3. The fourth-order valence-corrected chi connectivity index (χ4v) is 6.58. The van der Waals surface area contributed by atoms with Crippen LogP contribution in [0.15, 0.2) is 54.6 Å². The molecular weight excluding hydrogens is 556 g/mol. The van der Waals surface area contributed by atoms with Gasteiger partial charge in [-0.3, -0.25) is 4.79 Å². The highest BCUT2D eigenvalue weighted by molar-refractivity contribution is 6.74. The minimum atomic E-state index is -2.18. The molecule has 0 radical (unpaired) electrons. The maximum absolute atomic E-state index is 13.7. The second-order valence-electron chi connectivity index (χ2n) is 14.1. The number of ether oxygens (including phenoxy) is 3. The number of hydrogen-bond acceptors (Lipinski definition) is 6. The molecule has 0 aliphatic carbocycles. The Bertz CT molecular complexity index is 1080. The fourth-order valence-electron chi connectivity index (χ4n) is 5.11. The van der Waals surface area contributed by atoms with E-state index in [4.69, 9.17) is 18.6 Å². The first-order chi connectivity index (χ1) is 20.1. The van der Waals surface area contributed by atoms with Gasteiger partial charge in [0.05, 0.1) is 45.2 Å². The molecule has 1 N–H and O–H groups in total. The van der Waals surface area contributed by atoms with Crippen molar-refractivity contribution in [2.75, 3.05) is 13.7 Å². The number of aliphatic hydroxyl groups excluding tert-OH is 1. The van der Waals surface area contributed by atoms with Crippen LogP contribution in [0.2, 0.25) is 18.1 Å². The molecule has 0 aliphatic heterocycles. The van der Waals surface area contributed by atoms with Crippen molar-refractivity contribution in [2.45, 2.75) is 111 Å². The van der Waals surface area contributed by atoms with Crippen LogP contribution in [0.25, 0.3) is 0 Å². The predicted molar refractivity (Wildman–Crippen MR) is 178 cm³/mol. The normalized spacial score (nSPS) is 16.8. The molecule has 242 valence electrons. The van der Waals surface area contributed by atoms with Crippen LogP contribution in [0.1, 0.15) is 72.9 Å². The second kappa shape index (κ2) is 16.9. The summed E-state index contributed by atoms with van der Waals surface area (Å²) >= 11 is 0. The predicted octanol–water partition coefficient (Wildman–Crippen LogP) is 8.07. The zero-order chi connectivity index (χ0) is 32.4. The first-order valence-corrected chi connectivity index (χ1v) is 18.7. The lowest BCUT2D eigenvalue weighted by Crippen LogP contribution is -2.49. The monoisotopic (exact) mass is 614 g/mol. The number of aliphatic hydroxyl groups is 1. The first-order valence-electron chi connectivity index (χ1n) is 15.8. The van der Waals surface area contributed by atoms with Crippen molar-refractivity contribution in [2.24, 2.45) is 23.7 Å². The van der Waals surface area contributed by atoms with Gasteiger partial charge in [0.25, 0.3) is 0 Å². The summed E-state index contributed by atoms with van der Waals surface area (Å²) < 4.78 is 24.6. The summed E-state index contributed by atoms with van der Waals surface area (Å²) in [6.07, 6.45) is -1.27. The Morgan fingerprint density at radius 3 is 1.98 bits per heavy atom. The van der Waals surface area contributed by atoms with Crippen molar-refractivity contribution in [3.05, 3.63) is 65.7 Å². The maximum atomic E-state index is 13.7. The van der Waals surface area contributed by atoms with Crippen molar-refractivity contribution in [3.63, 3.8) is 0 Å². The Morgan fingerprint density at radius 2 is 1.44 bits per heavy atom. The third-order valence-electron chi connectivity index (χ3n) is 9.08. The van der Waals surface area contributed by atoms with E-state index >= 15 is 0 Å². The van der Waals surface area contributed by atoms with E-state index in [1.807, 2.05) is 68.4 Å². The third kappa shape index (κ3) is 11.4. The van der Waals surface area contributed by atoms with Crippen LogP contribution in [0.5, 0.6) is 5.75 Å². The molecule has 2 aromatic carbocycles. The van der Waals surface area contributed by atoms with E-state index in [0.717, 1.165) is 16.9 Å². The van der Waals surface area contributed by atoms with Gasteiger partial charge < -0.3 is 23.7 Å². The zero-order valence-electron chi connectivity index (χ0n) is 28.6. The summed E-state index contributed by atoms with van der Waals surface area (Å²) in [6.45, 7) is 22.7. The number of benzene rings is 2. The number of Topliss-reactive ketones (excluding diaryl/α,β-unsaturated/α-hetero) is 1. The van der Waals surface area contributed by atoms with Gasteiger partial charge in [0, 0.05) is 24.2 Å². The Hall–Kier alpha value is -2.03. The molecule has 2 aromatic rings. The Kier molecular flexibility index (Phi) is 14.6.